The number of aryl methyl sites for hydroxylation is 1. The van der Waals surface area contributed by atoms with Gasteiger partial charge in [0, 0.05) is 32.4 Å². The Hall–Kier alpha value is -2.48. The van der Waals surface area contributed by atoms with Gasteiger partial charge in [0.25, 0.3) is 0 Å². The van der Waals surface area contributed by atoms with E-state index in [1.165, 1.54) is 5.56 Å². The van der Waals surface area contributed by atoms with Crippen molar-refractivity contribution >= 4 is 11.5 Å². The lowest BCUT2D eigenvalue weighted by atomic mass is 9.90. The van der Waals surface area contributed by atoms with Gasteiger partial charge in [0.15, 0.2) is 0 Å². The van der Waals surface area contributed by atoms with Crippen LogP contribution in [0.3, 0.4) is 0 Å². The van der Waals surface area contributed by atoms with Gasteiger partial charge in [-0.3, -0.25) is 14.3 Å². The Bertz CT molecular complexity index is 1090. The molecule has 5 heterocycles. The largest absolute Gasteiger partial charge is 0.390 e. The maximum absolute atomic E-state index is 10.5. The van der Waals surface area contributed by atoms with Crippen LogP contribution in [0, 0.1) is 6.92 Å². The SMILES string of the molecule is Cc1cccnc1[C@@H]1CCC[C@H](c2nc3cccc(N4CCN(C)CC4)n3c2CO)N1C. The Kier molecular flexibility index (Phi) is 5.88. The quantitative estimate of drug-likeness (QED) is 0.681. The lowest BCUT2D eigenvalue weighted by Gasteiger charge is -2.39. The summed E-state index contributed by atoms with van der Waals surface area (Å²) in [7, 11) is 4.36. The van der Waals surface area contributed by atoms with Crippen LogP contribution in [0.5, 0.6) is 0 Å². The Labute approximate surface area is 190 Å². The number of aliphatic hydroxyl groups is 1. The number of likely N-dealkylation sites (N-methyl/N-ethyl adjacent to an activating group) is 1. The number of anilines is 1. The average molecular weight is 435 g/mol. The molecule has 170 valence electrons. The van der Waals surface area contributed by atoms with Gasteiger partial charge in [-0.15, -0.1) is 0 Å². The molecule has 5 rings (SSSR count). The van der Waals surface area contributed by atoms with E-state index in [9.17, 15) is 5.11 Å². The monoisotopic (exact) mass is 434 g/mol. The first-order valence-corrected chi connectivity index (χ1v) is 11.8. The van der Waals surface area contributed by atoms with Crippen molar-refractivity contribution in [2.24, 2.45) is 0 Å². The predicted molar refractivity (Wildman–Crippen MR) is 127 cm³/mol. The first-order valence-electron chi connectivity index (χ1n) is 11.8. The van der Waals surface area contributed by atoms with Crippen molar-refractivity contribution in [3.63, 3.8) is 0 Å². The summed E-state index contributed by atoms with van der Waals surface area (Å²) in [6, 6.07) is 10.9. The third kappa shape index (κ3) is 3.68. The summed E-state index contributed by atoms with van der Waals surface area (Å²) in [5.41, 5.74) is 5.25. The molecule has 3 aromatic rings. The number of likely N-dealkylation sites (tertiary alicyclic amines) is 1. The lowest BCUT2D eigenvalue weighted by Crippen LogP contribution is -2.45. The van der Waals surface area contributed by atoms with Crippen molar-refractivity contribution in [1.29, 1.82) is 0 Å². The van der Waals surface area contributed by atoms with Gasteiger partial charge in [-0.05, 0) is 64.0 Å². The van der Waals surface area contributed by atoms with Gasteiger partial charge >= 0.3 is 0 Å². The van der Waals surface area contributed by atoms with Crippen LogP contribution in [0.4, 0.5) is 5.82 Å². The molecule has 2 aliphatic heterocycles. The standard InChI is InChI=1S/C25H34N6O/c1-18-7-6-12-26-24(18)19-8-4-9-20(29(19)3)25-21(17-32)31-22(27-25)10-5-11-23(31)30-15-13-28(2)14-16-30/h5-7,10-12,19-20,32H,4,8-9,13-17H2,1-3H3/t19-,20+/m0/s1. The zero-order chi connectivity index (χ0) is 22.2. The van der Waals surface area contributed by atoms with Crippen LogP contribution in [0.1, 0.15) is 54.0 Å². The Balaban J connectivity index is 1.54. The van der Waals surface area contributed by atoms with E-state index in [1.807, 2.05) is 12.3 Å². The van der Waals surface area contributed by atoms with Crippen LogP contribution in [0.2, 0.25) is 0 Å². The predicted octanol–water partition coefficient (Wildman–Crippen LogP) is 3.18. The Morgan fingerprint density at radius 2 is 1.72 bits per heavy atom. The highest BCUT2D eigenvalue weighted by Gasteiger charge is 2.34. The number of hydrogen-bond acceptors (Lipinski definition) is 6. The third-order valence-electron chi connectivity index (χ3n) is 7.35. The molecule has 2 saturated heterocycles. The maximum Gasteiger partial charge on any atom is 0.138 e. The zero-order valence-corrected chi connectivity index (χ0v) is 19.4. The highest BCUT2D eigenvalue weighted by Crippen LogP contribution is 2.41. The van der Waals surface area contributed by atoms with E-state index >= 15 is 0 Å². The second kappa shape index (κ2) is 8.81. The molecule has 0 saturated carbocycles. The van der Waals surface area contributed by atoms with Crippen molar-refractivity contribution in [1.82, 2.24) is 24.2 Å². The number of hydrogen-bond donors (Lipinski definition) is 1. The number of pyridine rings is 2. The normalized spacial score (nSPS) is 23.2. The molecule has 2 fully saturated rings. The highest BCUT2D eigenvalue weighted by molar-refractivity contribution is 5.55. The topological polar surface area (TPSA) is 60.1 Å². The van der Waals surface area contributed by atoms with Gasteiger partial charge in [-0.1, -0.05) is 12.1 Å². The van der Waals surface area contributed by atoms with Crippen LogP contribution < -0.4 is 4.90 Å². The van der Waals surface area contributed by atoms with E-state index < -0.39 is 0 Å². The average Bonchev–Trinajstić information content (AvgIpc) is 3.19. The molecule has 2 aliphatic rings. The molecule has 0 aromatic carbocycles. The van der Waals surface area contributed by atoms with E-state index in [0.717, 1.165) is 74.0 Å². The molecule has 0 unspecified atom stereocenters. The summed E-state index contributed by atoms with van der Waals surface area (Å²) < 4.78 is 2.18. The molecule has 0 spiro atoms. The summed E-state index contributed by atoms with van der Waals surface area (Å²) >= 11 is 0. The van der Waals surface area contributed by atoms with Gasteiger partial charge < -0.3 is 14.9 Å². The molecule has 0 radical (unpaired) electrons. The smallest absolute Gasteiger partial charge is 0.138 e. The number of imidazole rings is 1. The number of rotatable bonds is 4. The number of fused-ring (bicyclic) bond motifs is 1. The molecular formula is C25H34N6O. The first kappa shape index (κ1) is 21.4. The van der Waals surface area contributed by atoms with Crippen molar-refractivity contribution in [3.8, 4) is 0 Å². The third-order valence-corrected chi connectivity index (χ3v) is 7.35. The minimum atomic E-state index is -0.0150. The first-order chi connectivity index (χ1) is 15.6. The second-order valence-electron chi connectivity index (χ2n) is 9.30. The number of piperidine rings is 1. The number of aliphatic hydroxyl groups excluding tert-OH is 1. The fraction of sp³-hybridized carbons (Fsp3) is 0.520. The van der Waals surface area contributed by atoms with Crippen molar-refractivity contribution < 1.29 is 5.11 Å². The van der Waals surface area contributed by atoms with Crippen molar-refractivity contribution in [3.05, 3.63) is 59.2 Å². The van der Waals surface area contributed by atoms with Crippen LogP contribution in [-0.2, 0) is 6.61 Å². The van der Waals surface area contributed by atoms with Gasteiger partial charge in [0.2, 0.25) is 0 Å². The summed E-state index contributed by atoms with van der Waals surface area (Å²) in [6.45, 7) is 6.19. The summed E-state index contributed by atoms with van der Waals surface area (Å²) in [5.74, 6) is 1.13. The Morgan fingerprint density at radius 3 is 2.44 bits per heavy atom. The molecule has 0 bridgehead atoms. The van der Waals surface area contributed by atoms with E-state index in [0.29, 0.717) is 0 Å². The number of aromatic nitrogens is 3. The highest BCUT2D eigenvalue weighted by atomic mass is 16.3. The Morgan fingerprint density at radius 1 is 0.969 bits per heavy atom. The van der Waals surface area contributed by atoms with Crippen LogP contribution in [0.25, 0.3) is 5.65 Å². The molecule has 7 heteroatoms. The molecule has 0 aliphatic carbocycles. The molecule has 3 aromatic heterocycles. The van der Waals surface area contributed by atoms with Gasteiger partial charge in [0.1, 0.15) is 11.5 Å². The van der Waals surface area contributed by atoms with Gasteiger partial charge in [0.05, 0.1) is 35.8 Å². The molecule has 7 nitrogen and oxygen atoms in total. The van der Waals surface area contributed by atoms with E-state index in [2.05, 4.69) is 64.4 Å². The van der Waals surface area contributed by atoms with Crippen LogP contribution in [0.15, 0.2) is 36.5 Å². The van der Waals surface area contributed by atoms with E-state index in [-0.39, 0.29) is 18.7 Å². The summed E-state index contributed by atoms with van der Waals surface area (Å²) in [6.07, 6.45) is 5.16. The molecule has 0 amide bonds. The van der Waals surface area contributed by atoms with E-state index in [4.69, 9.17) is 9.97 Å². The number of piperazine rings is 1. The molecule has 32 heavy (non-hydrogen) atoms. The minimum Gasteiger partial charge on any atom is -0.390 e. The fourth-order valence-electron chi connectivity index (χ4n) is 5.49. The maximum atomic E-state index is 10.5. The van der Waals surface area contributed by atoms with Crippen molar-refractivity contribution in [2.45, 2.75) is 44.9 Å². The minimum absolute atomic E-state index is 0.0150. The molecule has 2 atom stereocenters. The molecular weight excluding hydrogens is 400 g/mol. The fourth-order valence-corrected chi connectivity index (χ4v) is 5.49. The summed E-state index contributed by atoms with van der Waals surface area (Å²) in [4.78, 5) is 17.0. The van der Waals surface area contributed by atoms with E-state index in [1.54, 1.807) is 0 Å². The lowest BCUT2D eigenvalue weighted by molar-refractivity contribution is 0.107. The second-order valence-corrected chi connectivity index (χ2v) is 9.30. The number of nitrogens with zero attached hydrogens (tertiary/aromatic N) is 6. The molecule has 1 N–H and O–H groups in total. The van der Waals surface area contributed by atoms with Crippen LogP contribution >= 0.6 is 0 Å². The van der Waals surface area contributed by atoms with Gasteiger partial charge in [-0.2, -0.15) is 0 Å². The summed E-state index contributed by atoms with van der Waals surface area (Å²) in [5, 5.41) is 10.5. The van der Waals surface area contributed by atoms with Crippen molar-refractivity contribution in [2.75, 3.05) is 45.2 Å². The van der Waals surface area contributed by atoms with Crippen LogP contribution in [-0.4, -0.2) is 69.5 Å². The van der Waals surface area contributed by atoms with Gasteiger partial charge in [-0.25, -0.2) is 4.98 Å². The zero-order valence-electron chi connectivity index (χ0n) is 19.4.